The van der Waals surface area contributed by atoms with Crippen LogP contribution in [-0.2, 0) is 0 Å². The average Bonchev–Trinajstić information content (AvgIpc) is 3.03. The second kappa shape index (κ2) is 27.4. The predicted octanol–water partition coefficient (Wildman–Crippen LogP) is 10.00. The topological polar surface area (TPSA) is 61.9 Å². The summed E-state index contributed by atoms with van der Waals surface area (Å²) in [5.74, 6) is 1.73. The lowest BCUT2D eigenvalue weighted by molar-refractivity contribution is 0.504. The number of hydrogen-bond donors (Lipinski definition) is 3. The van der Waals surface area contributed by atoms with Crippen LogP contribution in [0.4, 0.5) is 5.82 Å². The van der Waals surface area contributed by atoms with Crippen molar-refractivity contribution in [1.29, 1.82) is 0 Å². The highest BCUT2D eigenvalue weighted by atomic mass is 15.0. The Balaban J connectivity index is 0.000000544. The normalized spacial score (nSPS) is 11.4. The number of benzene rings is 2. The van der Waals surface area contributed by atoms with E-state index in [2.05, 4.69) is 108 Å². The molecule has 2 aromatic carbocycles. The first-order valence-electron chi connectivity index (χ1n) is 16.2. The molecule has 1 saturated carbocycles. The fourth-order valence-electron chi connectivity index (χ4n) is 3.87. The number of rotatable bonds is 9. The second-order valence-corrected chi connectivity index (χ2v) is 10.7. The van der Waals surface area contributed by atoms with Crippen molar-refractivity contribution in [2.45, 2.75) is 99.0 Å². The molecule has 1 aliphatic rings. The van der Waals surface area contributed by atoms with Crippen LogP contribution in [0, 0.1) is 13.8 Å². The highest BCUT2D eigenvalue weighted by molar-refractivity contribution is 5.65. The van der Waals surface area contributed by atoms with Gasteiger partial charge in [-0.3, -0.25) is 0 Å². The number of anilines is 1. The summed E-state index contributed by atoms with van der Waals surface area (Å²) in [6.45, 7) is 21.5. The summed E-state index contributed by atoms with van der Waals surface area (Å²) in [6, 6.07) is 21.3. The van der Waals surface area contributed by atoms with Gasteiger partial charge < -0.3 is 16.0 Å². The van der Waals surface area contributed by atoms with E-state index in [1.165, 1.54) is 62.5 Å². The Kier molecular flexibility index (Phi) is 25.2. The summed E-state index contributed by atoms with van der Waals surface area (Å²) in [4.78, 5) is 8.37. The average molecular weight is 588 g/mol. The SMILES string of the molecule is C1CCCCC1.C=CNCCCC.C=Cc1ccc(-c2ccccc2)cc1.CCNc1cc(C)nc(C)n1.CNC(C)C. The summed E-state index contributed by atoms with van der Waals surface area (Å²) in [5.41, 5.74) is 4.66. The van der Waals surface area contributed by atoms with Crippen LogP contribution in [0.5, 0.6) is 0 Å². The molecule has 1 fully saturated rings. The van der Waals surface area contributed by atoms with Crippen molar-refractivity contribution in [1.82, 2.24) is 20.6 Å². The molecule has 1 aliphatic carbocycles. The zero-order valence-electron chi connectivity index (χ0n) is 28.4. The molecular formula is C38H61N5. The molecule has 3 aromatic rings. The van der Waals surface area contributed by atoms with Gasteiger partial charge >= 0.3 is 0 Å². The van der Waals surface area contributed by atoms with Crippen LogP contribution in [0.25, 0.3) is 17.2 Å². The number of hydrogen-bond acceptors (Lipinski definition) is 5. The monoisotopic (exact) mass is 587 g/mol. The second-order valence-electron chi connectivity index (χ2n) is 10.7. The van der Waals surface area contributed by atoms with Crippen LogP contribution in [0.3, 0.4) is 0 Å². The van der Waals surface area contributed by atoms with Gasteiger partial charge in [0.05, 0.1) is 0 Å². The van der Waals surface area contributed by atoms with Gasteiger partial charge in [0.1, 0.15) is 11.6 Å². The minimum absolute atomic E-state index is 0.634. The number of aryl methyl sites for hydroxylation is 2. The molecule has 43 heavy (non-hydrogen) atoms. The van der Waals surface area contributed by atoms with E-state index in [-0.39, 0.29) is 0 Å². The van der Waals surface area contributed by atoms with Crippen molar-refractivity contribution in [2.75, 3.05) is 25.5 Å². The van der Waals surface area contributed by atoms with E-state index in [0.29, 0.717) is 6.04 Å². The van der Waals surface area contributed by atoms with Crippen molar-refractivity contribution in [2.24, 2.45) is 0 Å². The largest absolute Gasteiger partial charge is 0.391 e. The first-order valence-corrected chi connectivity index (χ1v) is 16.2. The maximum absolute atomic E-state index is 4.20. The first-order chi connectivity index (χ1) is 20.8. The zero-order chi connectivity index (χ0) is 32.1. The fraction of sp³-hybridized carbons (Fsp3) is 0.474. The summed E-state index contributed by atoms with van der Waals surface area (Å²) < 4.78 is 0. The molecule has 0 unspecified atom stereocenters. The van der Waals surface area contributed by atoms with E-state index in [9.17, 15) is 0 Å². The minimum atomic E-state index is 0.634. The van der Waals surface area contributed by atoms with Crippen molar-refractivity contribution >= 4 is 11.9 Å². The third-order valence-electron chi connectivity index (χ3n) is 6.47. The van der Waals surface area contributed by atoms with E-state index >= 15 is 0 Å². The van der Waals surface area contributed by atoms with E-state index < -0.39 is 0 Å². The molecule has 0 aliphatic heterocycles. The Hall–Kier alpha value is -3.44. The molecular weight excluding hydrogens is 526 g/mol. The Labute approximate surface area is 264 Å². The Bertz CT molecular complexity index is 1030. The number of aromatic nitrogens is 2. The maximum Gasteiger partial charge on any atom is 0.129 e. The Morgan fingerprint density at radius 3 is 1.77 bits per heavy atom. The number of unbranched alkanes of at least 4 members (excludes halogenated alkanes) is 1. The number of nitrogens with zero attached hydrogens (tertiary/aromatic N) is 2. The molecule has 0 bridgehead atoms. The maximum atomic E-state index is 4.20. The molecule has 0 atom stereocenters. The van der Waals surface area contributed by atoms with Gasteiger partial charge in [-0.1, -0.05) is 140 Å². The van der Waals surface area contributed by atoms with E-state index in [1.54, 1.807) is 6.20 Å². The third-order valence-corrected chi connectivity index (χ3v) is 6.47. The lowest BCUT2D eigenvalue weighted by Crippen LogP contribution is -2.15. The van der Waals surface area contributed by atoms with Crippen LogP contribution >= 0.6 is 0 Å². The van der Waals surface area contributed by atoms with E-state index in [1.807, 2.05) is 46.0 Å². The van der Waals surface area contributed by atoms with Gasteiger partial charge in [-0.15, -0.1) is 0 Å². The quantitative estimate of drug-likeness (QED) is 0.217. The minimum Gasteiger partial charge on any atom is -0.391 e. The van der Waals surface area contributed by atoms with Crippen molar-refractivity contribution in [3.63, 3.8) is 0 Å². The van der Waals surface area contributed by atoms with Crippen molar-refractivity contribution in [3.05, 3.63) is 97.1 Å². The van der Waals surface area contributed by atoms with Crippen LogP contribution in [-0.4, -0.2) is 36.1 Å². The molecule has 0 saturated heterocycles. The third kappa shape index (κ3) is 22.8. The highest BCUT2D eigenvalue weighted by Gasteiger charge is 1.96. The summed E-state index contributed by atoms with van der Waals surface area (Å²) in [5, 5.41) is 9.18. The highest BCUT2D eigenvalue weighted by Crippen LogP contribution is 2.19. The molecule has 3 N–H and O–H groups in total. The summed E-state index contributed by atoms with van der Waals surface area (Å²) in [7, 11) is 1.95. The van der Waals surface area contributed by atoms with Gasteiger partial charge in [-0.2, -0.15) is 0 Å². The van der Waals surface area contributed by atoms with Gasteiger partial charge in [0, 0.05) is 30.9 Å². The van der Waals surface area contributed by atoms with Gasteiger partial charge in [0.15, 0.2) is 0 Å². The van der Waals surface area contributed by atoms with Crippen molar-refractivity contribution < 1.29 is 0 Å². The fourth-order valence-corrected chi connectivity index (χ4v) is 3.87. The zero-order valence-corrected chi connectivity index (χ0v) is 28.4. The summed E-state index contributed by atoms with van der Waals surface area (Å²) in [6.07, 6.45) is 15.1. The molecule has 1 aromatic heterocycles. The lowest BCUT2D eigenvalue weighted by atomic mass is 10.0. The summed E-state index contributed by atoms with van der Waals surface area (Å²) >= 11 is 0. The molecule has 0 radical (unpaired) electrons. The molecule has 238 valence electrons. The Morgan fingerprint density at radius 2 is 1.35 bits per heavy atom. The molecule has 0 amide bonds. The molecule has 4 rings (SSSR count). The van der Waals surface area contributed by atoms with Crippen LogP contribution < -0.4 is 16.0 Å². The molecule has 5 nitrogen and oxygen atoms in total. The van der Waals surface area contributed by atoms with Crippen LogP contribution in [0.1, 0.15) is 96.1 Å². The van der Waals surface area contributed by atoms with Gasteiger partial charge in [-0.25, -0.2) is 9.97 Å². The van der Waals surface area contributed by atoms with E-state index in [0.717, 1.165) is 36.0 Å². The predicted molar refractivity (Wildman–Crippen MR) is 193 cm³/mol. The Morgan fingerprint density at radius 1 is 0.814 bits per heavy atom. The molecule has 5 heteroatoms. The lowest BCUT2D eigenvalue weighted by Gasteiger charge is -2.05. The molecule has 0 spiro atoms. The number of nitrogens with one attached hydrogen (secondary N) is 3. The van der Waals surface area contributed by atoms with Gasteiger partial charge in [0.2, 0.25) is 0 Å². The van der Waals surface area contributed by atoms with Crippen LogP contribution in [0.2, 0.25) is 0 Å². The smallest absolute Gasteiger partial charge is 0.129 e. The van der Waals surface area contributed by atoms with Crippen molar-refractivity contribution in [3.8, 4) is 11.1 Å². The van der Waals surface area contributed by atoms with Crippen LogP contribution in [0.15, 0.2) is 80.0 Å². The van der Waals surface area contributed by atoms with Gasteiger partial charge in [-0.05, 0) is 57.1 Å². The van der Waals surface area contributed by atoms with Gasteiger partial charge in [0.25, 0.3) is 0 Å². The first kappa shape index (κ1) is 39.6. The van der Waals surface area contributed by atoms with E-state index in [4.69, 9.17) is 0 Å². The molecule has 1 heterocycles. The standard InChI is InChI=1S/C14H12.C8H13N3.C6H13N.C6H12.C4H11N/c1-2-12-8-10-14(11-9-12)13-6-4-3-5-7-13;1-4-9-8-5-6(2)10-7(3)11-8;1-3-5-6-7-4-2;1-2-4-6-5-3-1;1-4(2)5-3/h2-11H,1H2;5H,4H2,1-3H3,(H,9,10,11);4,7H,2-3,5-6H2,1H3;1-6H2;4-5H,1-3H3.